The van der Waals surface area contributed by atoms with Crippen LogP contribution >= 0.6 is 0 Å². The molecule has 0 bridgehead atoms. The molecule has 7 heteroatoms. The van der Waals surface area contributed by atoms with Gasteiger partial charge >= 0.3 is 6.18 Å². The van der Waals surface area contributed by atoms with Gasteiger partial charge in [-0.25, -0.2) is 9.50 Å². The van der Waals surface area contributed by atoms with Crippen molar-refractivity contribution in [1.82, 2.24) is 14.6 Å². The number of nitriles is 1. The molecule has 0 fully saturated rings. The number of nitrogens with zero attached hydrogens (tertiary/aromatic N) is 4. The van der Waals surface area contributed by atoms with Gasteiger partial charge in [-0.1, -0.05) is 30.3 Å². The highest BCUT2D eigenvalue weighted by atomic mass is 19.4. The van der Waals surface area contributed by atoms with Gasteiger partial charge in [-0.15, -0.1) is 5.10 Å². The Hall–Kier alpha value is -2.88. The quantitative estimate of drug-likeness (QED) is 0.690. The zero-order valence-corrected chi connectivity index (χ0v) is 10.5. The highest BCUT2D eigenvalue weighted by Gasteiger charge is 2.36. The minimum atomic E-state index is -4.65. The van der Waals surface area contributed by atoms with E-state index in [9.17, 15) is 13.2 Å². The lowest BCUT2D eigenvalue weighted by Crippen LogP contribution is -2.07. The molecular formula is C14H7F3N4. The van der Waals surface area contributed by atoms with E-state index in [4.69, 9.17) is 5.26 Å². The number of hydrogen-bond acceptors (Lipinski definition) is 3. The third-order valence-corrected chi connectivity index (χ3v) is 2.91. The van der Waals surface area contributed by atoms with E-state index < -0.39 is 12.0 Å². The Balaban J connectivity index is 2.25. The molecule has 2 heterocycles. The fourth-order valence-electron chi connectivity index (χ4n) is 1.98. The zero-order valence-electron chi connectivity index (χ0n) is 10.5. The van der Waals surface area contributed by atoms with Crippen LogP contribution in [0.2, 0.25) is 0 Å². The Bertz CT molecular complexity index is 844. The van der Waals surface area contributed by atoms with E-state index in [1.54, 1.807) is 24.3 Å². The van der Waals surface area contributed by atoms with Gasteiger partial charge in [0.15, 0.2) is 5.65 Å². The summed E-state index contributed by atoms with van der Waals surface area (Å²) in [6, 6.07) is 12.4. The van der Waals surface area contributed by atoms with Crippen molar-refractivity contribution < 1.29 is 13.2 Å². The molecule has 3 rings (SSSR count). The van der Waals surface area contributed by atoms with Crippen LogP contribution in [0.1, 0.15) is 11.4 Å². The summed E-state index contributed by atoms with van der Waals surface area (Å²) < 4.78 is 39.0. The number of rotatable bonds is 1. The van der Waals surface area contributed by atoms with Crippen molar-refractivity contribution in [3.63, 3.8) is 0 Å². The van der Waals surface area contributed by atoms with Gasteiger partial charge in [0.1, 0.15) is 6.07 Å². The molecule has 0 aliphatic carbocycles. The smallest absolute Gasteiger partial charge is 0.219 e. The van der Waals surface area contributed by atoms with Gasteiger partial charge < -0.3 is 0 Å². The average molecular weight is 288 g/mol. The number of aromatic nitrogens is 3. The van der Waals surface area contributed by atoms with Gasteiger partial charge in [0.05, 0.1) is 5.56 Å². The van der Waals surface area contributed by atoms with Crippen molar-refractivity contribution in [1.29, 1.82) is 5.26 Å². The fourth-order valence-corrected chi connectivity index (χ4v) is 1.98. The van der Waals surface area contributed by atoms with E-state index in [0.29, 0.717) is 5.56 Å². The molecule has 1 aromatic carbocycles. The normalized spacial score (nSPS) is 11.5. The molecule has 0 spiro atoms. The Morgan fingerprint density at radius 3 is 2.43 bits per heavy atom. The molecule has 0 aliphatic heterocycles. The SMILES string of the molecule is N#Cc1cc(-c2ccccc2)cn2nc(C(F)(F)F)nc12. The molecule has 104 valence electrons. The summed E-state index contributed by atoms with van der Waals surface area (Å²) in [7, 11) is 0. The molecule has 0 saturated carbocycles. The zero-order chi connectivity index (χ0) is 15.0. The van der Waals surface area contributed by atoms with Gasteiger partial charge in [-0.3, -0.25) is 0 Å². The maximum atomic E-state index is 12.7. The molecule has 0 radical (unpaired) electrons. The molecule has 0 amide bonds. The second-order valence-corrected chi connectivity index (χ2v) is 4.32. The standard InChI is InChI=1S/C14H7F3N4/c15-14(16,17)13-19-12-10(7-18)6-11(8-21(12)20-13)9-4-2-1-3-5-9/h1-6,8H. The number of halogens is 3. The lowest BCUT2D eigenvalue weighted by atomic mass is 10.1. The minimum Gasteiger partial charge on any atom is -0.219 e. The molecular weight excluding hydrogens is 281 g/mol. The van der Waals surface area contributed by atoms with Gasteiger partial charge in [0.2, 0.25) is 0 Å². The van der Waals surface area contributed by atoms with E-state index >= 15 is 0 Å². The maximum absolute atomic E-state index is 12.7. The summed E-state index contributed by atoms with van der Waals surface area (Å²) in [5.41, 5.74) is 1.31. The monoisotopic (exact) mass is 288 g/mol. The second-order valence-electron chi connectivity index (χ2n) is 4.32. The van der Waals surface area contributed by atoms with Crippen molar-refractivity contribution >= 4 is 5.65 Å². The van der Waals surface area contributed by atoms with E-state index in [1.807, 2.05) is 12.1 Å². The van der Waals surface area contributed by atoms with Crippen molar-refractivity contribution in [3.8, 4) is 17.2 Å². The van der Waals surface area contributed by atoms with Crippen molar-refractivity contribution in [2.75, 3.05) is 0 Å². The Morgan fingerprint density at radius 1 is 1.10 bits per heavy atom. The molecule has 3 aromatic rings. The number of alkyl halides is 3. The van der Waals surface area contributed by atoms with E-state index in [-0.39, 0.29) is 11.2 Å². The molecule has 0 atom stereocenters. The van der Waals surface area contributed by atoms with Gasteiger partial charge in [0.25, 0.3) is 5.82 Å². The Kier molecular flexibility index (Phi) is 2.87. The van der Waals surface area contributed by atoms with E-state index in [0.717, 1.165) is 10.1 Å². The first-order valence-electron chi connectivity index (χ1n) is 5.92. The highest BCUT2D eigenvalue weighted by molar-refractivity contribution is 5.69. The van der Waals surface area contributed by atoms with Gasteiger partial charge in [-0.2, -0.15) is 18.4 Å². The number of pyridine rings is 1. The topological polar surface area (TPSA) is 54.0 Å². The third kappa shape index (κ3) is 2.31. The van der Waals surface area contributed by atoms with Crippen LogP contribution in [-0.4, -0.2) is 14.6 Å². The largest absolute Gasteiger partial charge is 0.453 e. The molecule has 2 aromatic heterocycles. The second kappa shape index (κ2) is 4.59. The number of benzene rings is 1. The molecule has 21 heavy (non-hydrogen) atoms. The lowest BCUT2D eigenvalue weighted by Gasteiger charge is -2.03. The van der Waals surface area contributed by atoms with Crippen molar-refractivity contribution in [2.24, 2.45) is 0 Å². The summed E-state index contributed by atoms with van der Waals surface area (Å²) in [5.74, 6) is -1.26. The minimum absolute atomic E-state index is 0.0411. The van der Waals surface area contributed by atoms with Crippen molar-refractivity contribution in [2.45, 2.75) is 6.18 Å². The first-order chi connectivity index (χ1) is 9.99. The van der Waals surface area contributed by atoms with E-state index in [1.165, 1.54) is 12.3 Å². The summed E-state index contributed by atoms with van der Waals surface area (Å²) in [6.07, 6.45) is -3.22. The van der Waals surface area contributed by atoms with Crippen LogP contribution in [0.15, 0.2) is 42.6 Å². The van der Waals surface area contributed by atoms with Crippen LogP contribution in [-0.2, 0) is 6.18 Å². The molecule has 0 saturated heterocycles. The highest BCUT2D eigenvalue weighted by Crippen LogP contribution is 2.28. The Morgan fingerprint density at radius 2 is 1.81 bits per heavy atom. The average Bonchev–Trinajstić information content (AvgIpc) is 2.91. The Labute approximate surface area is 117 Å². The summed E-state index contributed by atoms with van der Waals surface area (Å²) in [5, 5.41) is 12.5. The molecule has 0 aliphatic rings. The first kappa shape index (κ1) is 13.1. The predicted octanol–water partition coefficient (Wildman–Crippen LogP) is 3.29. The first-order valence-corrected chi connectivity index (χ1v) is 5.92. The number of hydrogen-bond donors (Lipinski definition) is 0. The maximum Gasteiger partial charge on any atom is 0.453 e. The summed E-state index contributed by atoms with van der Waals surface area (Å²) >= 11 is 0. The van der Waals surface area contributed by atoms with Crippen LogP contribution in [0.3, 0.4) is 0 Å². The van der Waals surface area contributed by atoms with E-state index in [2.05, 4.69) is 10.1 Å². The van der Waals surface area contributed by atoms with Gasteiger partial charge in [-0.05, 0) is 11.6 Å². The van der Waals surface area contributed by atoms with Crippen LogP contribution in [0.4, 0.5) is 13.2 Å². The molecule has 0 unspecified atom stereocenters. The van der Waals surface area contributed by atoms with Gasteiger partial charge in [0, 0.05) is 11.8 Å². The summed E-state index contributed by atoms with van der Waals surface area (Å²) in [6.45, 7) is 0. The fraction of sp³-hybridized carbons (Fsp3) is 0.0714. The molecule has 0 N–H and O–H groups in total. The van der Waals surface area contributed by atoms with Crippen LogP contribution in [0, 0.1) is 11.3 Å². The van der Waals surface area contributed by atoms with Crippen LogP contribution in [0.25, 0.3) is 16.8 Å². The molecule has 4 nitrogen and oxygen atoms in total. The number of fused-ring (bicyclic) bond motifs is 1. The summed E-state index contributed by atoms with van der Waals surface area (Å²) in [4.78, 5) is 3.39. The predicted molar refractivity (Wildman–Crippen MR) is 68.1 cm³/mol. The third-order valence-electron chi connectivity index (χ3n) is 2.91. The van der Waals surface area contributed by atoms with Crippen molar-refractivity contribution in [3.05, 3.63) is 54.0 Å². The van der Waals surface area contributed by atoms with Crippen LogP contribution in [0.5, 0.6) is 0 Å². The lowest BCUT2D eigenvalue weighted by molar-refractivity contribution is -0.144. The van der Waals surface area contributed by atoms with Crippen LogP contribution < -0.4 is 0 Å².